The number of hydrogen-bond acceptors (Lipinski definition) is 8. The van der Waals surface area contributed by atoms with Crippen molar-refractivity contribution in [3.8, 4) is 5.75 Å². The molecule has 34 heavy (non-hydrogen) atoms. The van der Waals surface area contributed by atoms with Gasteiger partial charge in [-0.1, -0.05) is 31.0 Å². The van der Waals surface area contributed by atoms with Crippen molar-refractivity contribution >= 4 is 17.1 Å². The number of hydrogen-bond donors (Lipinski definition) is 5. The molecule has 0 spiro atoms. The van der Waals surface area contributed by atoms with E-state index in [0.717, 1.165) is 16.8 Å². The minimum absolute atomic E-state index is 0.163. The van der Waals surface area contributed by atoms with Crippen molar-refractivity contribution in [1.29, 1.82) is 0 Å². The highest BCUT2D eigenvalue weighted by atomic mass is 16.5. The van der Waals surface area contributed by atoms with Gasteiger partial charge in [-0.3, -0.25) is 9.78 Å². The van der Waals surface area contributed by atoms with Crippen LogP contribution in [0.4, 0.5) is 0 Å². The number of aromatic amines is 1. The Morgan fingerprint density at radius 2 is 2.06 bits per heavy atom. The number of rotatable bonds is 8. The van der Waals surface area contributed by atoms with E-state index >= 15 is 0 Å². The molecule has 1 aliphatic heterocycles. The second-order valence-electron chi connectivity index (χ2n) is 8.72. The second kappa shape index (κ2) is 10.0. The zero-order chi connectivity index (χ0) is 24.4. The molecule has 5 unspecified atom stereocenters. The molecule has 1 aliphatic rings. The normalized spacial score (nSPS) is 23.4. The number of carbonyl (C=O) groups is 1. The number of aliphatic hydroxyl groups excluding tert-OH is 2. The lowest BCUT2D eigenvalue weighted by atomic mass is 10.0. The first kappa shape index (κ1) is 24.0. The molecule has 11 heteroatoms. The molecule has 2 aromatic heterocycles. The quantitative estimate of drug-likeness (QED) is 0.280. The van der Waals surface area contributed by atoms with Gasteiger partial charge in [-0.05, 0) is 30.0 Å². The van der Waals surface area contributed by atoms with E-state index in [4.69, 9.17) is 15.2 Å². The Hall–Kier alpha value is -3.12. The zero-order valence-electron chi connectivity index (χ0n) is 19.4. The highest BCUT2D eigenvalue weighted by Crippen LogP contribution is 2.27. The maximum absolute atomic E-state index is 12.8. The summed E-state index contributed by atoms with van der Waals surface area (Å²) >= 11 is 0. The fourth-order valence-electron chi connectivity index (χ4n) is 4.24. The summed E-state index contributed by atoms with van der Waals surface area (Å²) in [5.74, 6) is 0.428. The van der Waals surface area contributed by atoms with Crippen LogP contribution in [0.3, 0.4) is 0 Å². The number of carbonyl (C=O) groups excluding carboxylic acids is 1. The lowest BCUT2D eigenvalue weighted by molar-refractivity contribution is -0.745. The topological polar surface area (TPSA) is 159 Å². The van der Waals surface area contributed by atoms with E-state index in [9.17, 15) is 15.0 Å². The fourth-order valence-corrected chi connectivity index (χ4v) is 4.24. The average molecular weight is 472 g/mol. The molecule has 4 rings (SSSR count). The summed E-state index contributed by atoms with van der Waals surface area (Å²) < 4.78 is 12.7. The first-order chi connectivity index (χ1) is 16.3. The second-order valence-corrected chi connectivity index (χ2v) is 8.72. The Morgan fingerprint density at radius 3 is 2.71 bits per heavy atom. The van der Waals surface area contributed by atoms with Crippen LogP contribution in [0.5, 0.6) is 5.75 Å². The number of aliphatic hydroxyl groups is 2. The van der Waals surface area contributed by atoms with Gasteiger partial charge in [0.05, 0.1) is 31.5 Å². The molecule has 0 radical (unpaired) electrons. The number of benzene rings is 1. The van der Waals surface area contributed by atoms with Crippen LogP contribution < -0.4 is 20.4 Å². The molecule has 0 aliphatic carbocycles. The molecular weight excluding hydrogens is 440 g/mol. The Kier molecular flexibility index (Phi) is 7.08. The number of ether oxygens (including phenoxy) is 2. The minimum atomic E-state index is -1.14. The molecule has 1 aromatic carbocycles. The third-order valence-electron chi connectivity index (χ3n) is 6.09. The number of nitrogens with two attached hydrogens (primary N) is 1. The monoisotopic (exact) mass is 471 g/mol. The number of H-pyrrole nitrogens is 1. The first-order valence-corrected chi connectivity index (χ1v) is 11.2. The summed E-state index contributed by atoms with van der Waals surface area (Å²) in [5, 5.41) is 23.7. The predicted octanol–water partition coefficient (Wildman–Crippen LogP) is -0.317. The smallest absolute Gasteiger partial charge is 0.307 e. The lowest BCUT2D eigenvalue weighted by Gasteiger charge is -2.22. The molecule has 0 bridgehead atoms. The predicted molar refractivity (Wildman–Crippen MR) is 122 cm³/mol. The van der Waals surface area contributed by atoms with Gasteiger partial charge < -0.3 is 30.7 Å². The number of aromatic nitrogens is 4. The third-order valence-corrected chi connectivity index (χ3v) is 6.09. The van der Waals surface area contributed by atoms with Crippen LogP contribution in [0.1, 0.15) is 37.3 Å². The van der Waals surface area contributed by atoms with E-state index in [-0.39, 0.29) is 12.5 Å². The zero-order valence-corrected chi connectivity index (χ0v) is 19.4. The summed E-state index contributed by atoms with van der Waals surface area (Å²) in [6, 6.07) is 5.58. The van der Waals surface area contributed by atoms with Crippen molar-refractivity contribution in [2.45, 2.75) is 56.7 Å². The highest BCUT2D eigenvalue weighted by Gasteiger charge is 2.48. The summed E-state index contributed by atoms with van der Waals surface area (Å²) in [6.07, 6.45) is 0.580. The van der Waals surface area contributed by atoms with Crippen LogP contribution in [-0.2, 0) is 16.0 Å². The number of amides is 1. The van der Waals surface area contributed by atoms with Crippen molar-refractivity contribution in [3.63, 3.8) is 0 Å². The van der Waals surface area contributed by atoms with Gasteiger partial charge in [0.2, 0.25) is 12.1 Å². The van der Waals surface area contributed by atoms with Gasteiger partial charge >= 0.3 is 5.65 Å². The standard InChI is InChI=1S/C23H30N6O5/c1-12(2)17-19-21(26-10-25-17)29(11-27-19)23-20(31)18(16(9-30)34-23)28-22(32)15(24)8-13-4-6-14(33-3)7-5-13/h4-7,10-12,15-16,18,20,23,30-31H,8-9,24H2,1-3H3,(H,28,32)/p+1. The molecule has 1 saturated heterocycles. The molecular formula is C23H31N6O5+. The number of fused-ring (bicyclic) bond motifs is 1. The Labute approximate surface area is 196 Å². The van der Waals surface area contributed by atoms with Gasteiger partial charge in [0.1, 0.15) is 18.0 Å². The van der Waals surface area contributed by atoms with E-state index in [1.54, 1.807) is 30.1 Å². The van der Waals surface area contributed by atoms with Crippen molar-refractivity contribution in [2.75, 3.05) is 13.7 Å². The minimum Gasteiger partial charge on any atom is -0.497 e. The first-order valence-electron chi connectivity index (χ1n) is 11.2. The third kappa shape index (κ3) is 4.60. The van der Waals surface area contributed by atoms with Crippen molar-refractivity contribution in [1.82, 2.24) is 20.3 Å². The molecule has 182 valence electrons. The van der Waals surface area contributed by atoms with E-state index < -0.39 is 36.4 Å². The lowest BCUT2D eigenvalue weighted by Crippen LogP contribution is -2.55. The van der Waals surface area contributed by atoms with Crippen molar-refractivity contribution in [2.24, 2.45) is 5.73 Å². The Bertz CT molecular complexity index is 1130. The van der Waals surface area contributed by atoms with Crippen molar-refractivity contribution in [3.05, 3.63) is 48.2 Å². The van der Waals surface area contributed by atoms with Crippen LogP contribution in [0.15, 0.2) is 36.9 Å². The fraction of sp³-hybridized carbons (Fsp3) is 0.478. The molecule has 3 aromatic rings. The van der Waals surface area contributed by atoms with E-state index in [0.29, 0.717) is 17.8 Å². The van der Waals surface area contributed by atoms with Crippen LogP contribution >= 0.6 is 0 Å². The summed E-state index contributed by atoms with van der Waals surface area (Å²) in [4.78, 5) is 24.6. The van der Waals surface area contributed by atoms with Gasteiger partial charge in [0, 0.05) is 0 Å². The number of nitrogens with zero attached hydrogens (tertiary/aromatic N) is 3. The van der Waals surface area contributed by atoms with Crippen LogP contribution in [0.25, 0.3) is 11.2 Å². The maximum Gasteiger partial charge on any atom is 0.307 e. The molecule has 0 saturated carbocycles. The molecule has 6 N–H and O–H groups in total. The summed E-state index contributed by atoms with van der Waals surface area (Å²) in [5.41, 5.74) is 9.13. The van der Waals surface area contributed by atoms with Crippen LogP contribution in [-0.4, -0.2) is 69.1 Å². The number of methoxy groups -OCH3 is 1. The van der Waals surface area contributed by atoms with Gasteiger partial charge in [0.25, 0.3) is 0 Å². The molecule has 1 amide bonds. The average Bonchev–Trinajstić information content (AvgIpc) is 3.40. The Morgan fingerprint density at radius 1 is 1.32 bits per heavy atom. The Balaban J connectivity index is 1.49. The number of imidazole rings is 1. The molecule has 11 nitrogen and oxygen atoms in total. The SMILES string of the molecule is COc1ccc(CC(N)C(=O)NC2C(CO)OC([n+]3c[nH]c4c(C(C)C)ncnc43)C2O)cc1. The number of nitrogens with one attached hydrogen (secondary N) is 2. The molecule has 1 fully saturated rings. The van der Waals surface area contributed by atoms with Crippen LogP contribution in [0, 0.1) is 0 Å². The molecule has 3 heterocycles. The summed E-state index contributed by atoms with van der Waals surface area (Å²) in [6.45, 7) is 3.66. The van der Waals surface area contributed by atoms with Gasteiger partial charge in [-0.25, -0.2) is 9.55 Å². The van der Waals surface area contributed by atoms with Gasteiger partial charge in [0.15, 0.2) is 18.2 Å². The highest BCUT2D eigenvalue weighted by molar-refractivity contribution is 5.82. The van der Waals surface area contributed by atoms with Gasteiger partial charge in [-0.2, -0.15) is 0 Å². The van der Waals surface area contributed by atoms with Gasteiger partial charge in [-0.15, -0.1) is 0 Å². The van der Waals surface area contributed by atoms with Crippen molar-refractivity contribution < 1.29 is 29.0 Å². The largest absolute Gasteiger partial charge is 0.497 e. The van der Waals surface area contributed by atoms with Crippen LogP contribution in [0.2, 0.25) is 0 Å². The van der Waals surface area contributed by atoms with E-state index in [1.165, 1.54) is 6.33 Å². The van der Waals surface area contributed by atoms with E-state index in [2.05, 4.69) is 20.3 Å². The molecule has 5 atom stereocenters. The maximum atomic E-state index is 12.8. The van der Waals surface area contributed by atoms with E-state index in [1.807, 2.05) is 26.0 Å². The summed E-state index contributed by atoms with van der Waals surface area (Å²) in [7, 11) is 1.58.